The number of amides is 1. The Morgan fingerprint density at radius 2 is 2.11 bits per heavy atom. The minimum Gasteiger partial charge on any atom is -0.480 e. The number of nitrogens with zero attached hydrogens (tertiary/aromatic N) is 1. The molecule has 1 heterocycles. The monoisotopic (exact) mass is 274 g/mol. The lowest BCUT2D eigenvalue weighted by Gasteiger charge is -2.35. The first kappa shape index (κ1) is 15.3. The summed E-state index contributed by atoms with van der Waals surface area (Å²) in [5, 5.41) is 9.17. The van der Waals surface area contributed by atoms with E-state index < -0.39 is 17.4 Å². The minimum atomic E-state index is -0.928. The molecule has 0 saturated carbocycles. The first-order valence-corrected chi connectivity index (χ1v) is 7.33. The molecule has 0 aliphatic carbocycles. The molecule has 1 amide bonds. The molecule has 1 rings (SSSR count). The summed E-state index contributed by atoms with van der Waals surface area (Å²) in [5.74, 6) is -0.594. The van der Waals surface area contributed by atoms with Gasteiger partial charge in [0.1, 0.15) is 6.04 Å². The van der Waals surface area contributed by atoms with Crippen LogP contribution in [0, 0.1) is 5.41 Å². The molecular formula is C12H22N2O3S. The van der Waals surface area contributed by atoms with Gasteiger partial charge in [-0.1, -0.05) is 13.8 Å². The fourth-order valence-corrected chi connectivity index (χ4v) is 3.38. The van der Waals surface area contributed by atoms with Crippen LogP contribution in [0.2, 0.25) is 0 Å². The number of rotatable bonds is 5. The Hall–Kier alpha value is -0.750. The zero-order chi connectivity index (χ0) is 13.9. The molecule has 0 spiro atoms. The second kappa shape index (κ2) is 5.93. The number of carbonyl (C=O) groups excluding carboxylic acids is 1. The van der Waals surface area contributed by atoms with Crippen molar-refractivity contribution < 1.29 is 14.7 Å². The molecule has 1 aliphatic heterocycles. The predicted molar refractivity (Wildman–Crippen MR) is 72.3 cm³/mol. The number of nitrogens with two attached hydrogens (primary N) is 1. The van der Waals surface area contributed by atoms with E-state index in [0.29, 0.717) is 12.2 Å². The van der Waals surface area contributed by atoms with Crippen LogP contribution in [-0.4, -0.2) is 45.6 Å². The maximum absolute atomic E-state index is 12.6. The molecule has 3 atom stereocenters. The predicted octanol–water partition coefficient (Wildman–Crippen LogP) is 1.13. The number of carboxylic acid groups (broad SMARTS) is 1. The minimum absolute atomic E-state index is 0.0453. The number of hydrogen-bond acceptors (Lipinski definition) is 4. The Bertz CT molecular complexity index is 331. The average molecular weight is 274 g/mol. The molecule has 0 aromatic rings. The Labute approximate surface area is 112 Å². The maximum Gasteiger partial charge on any atom is 0.327 e. The van der Waals surface area contributed by atoms with Crippen molar-refractivity contribution in [1.29, 1.82) is 0 Å². The number of carbonyl (C=O) groups is 2. The molecule has 3 unspecified atom stereocenters. The molecule has 5 nitrogen and oxygen atoms in total. The fraction of sp³-hybridized carbons (Fsp3) is 0.833. The van der Waals surface area contributed by atoms with Crippen LogP contribution in [-0.2, 0) is 9.59 Å². The van der Waals surface area contributed by atoms with Crippen LogP contribution >= 0.6 is 11.8 Å². The largest absolute Gasteiger partial charge is 0.480 e. The van der Waals surface area contributed by atoms with Gasteiger partial charge in [-0.3, -0.25) is 4.79 Å². The third-order valence-electron chi connectivity index (χ3n) is 3.71. The highest BCUT2D eigenvalue weighted by atomic mass is 32.2. The van der Waals surface area contributed by atoms with Crippen molar-refractivity contribution in [2.75, 3.05) is 12.3 Å². The highest BCUT2D eigenvalue weighted by Crippen LogP contribution is 2.36. The maximum atomic E-state index is 12.6. The van der Waals surface area contributed by atoms with Crippen LogP contribution in [0.15, 0.2) is 0 Å². The number of hydrogen-bond donors (Lipinski definition) is 2. The van der Waals surface area contributed by atoms with E-state index in [1.165, 1.54) is 16.7 Å². The first-order chi connectivity index (χ1) is 8.41. The summed E-state index contributed by atoms with van der Waals surface area (Å²) in [6.07, 6.45) is 1.37. The summed E-state index contributed by atoms with van der Waals surface area (Å²) >= 11 is 1.54. The topological polar surface area (TPSA) is 83.6 Å². The second-order valence-electron chi connectivity index (χ2n) is 4.88. The van der Waals surface area contributed by atoms with E-state index >= 15 is 0 Å². The molecule has 1 aliphatic rings. The molecule has 0 aromatic heterocycles. The molecule has 0 bridgehead atoms. The van der Waals surface area contributed by atoms with Gasteiger partial charge in [-0.15, -0.1) is 11.8 Å². The summed E-state index contributed by atoms with van der Waals surface area (Å²) < 4.78 is 0. The number of aliphatic carboxylic acids is 1. The Morgan fingerprint density at radius 3 is 2.50 bits per heavy atom. The Morgan fingerprint density at radius 1 is 1.50 bits per heavy atom. The van der Waals surface area contributed by atoms with E-state index in [9.17, 15) is 14.7 Å². The standard InChI is InChI=1S/C12H22N2O3S/c1-4-9-14(8(6-18-9)10(15)16)11(17)12(3,5-2)7-13/h8-9H,4-7,13H2,1-3H3,(H,15,16). The van der Waals surface area contributed by atoms with Gasteiger partial charge in [-0.05, 0) is 19.8 Å². The highest BCUT2D eigenvalue weighted by molar-refractivity contribution is 8.00. The lowest BCUT2D eigenvalue weighted by atomic mass is 9.85. The van der Waals surface area contributed by atoms with E-state index in [1.54, 1.807) is 0 Å². The van der Waals surface area contributed by atoms with Gasteiger partial charge in [-0.25, -0.2) is 4.79 Å². The molecular weight excluding hydrogens is 252 g/mol. The van der Waals surface area contributed by atoms with E-state index in [2.05, 4.69) is 0 Å². The van der Waals surface area contributed by atoms with Gasteiger partial charge in [-0.2, -0.15) is 0 Å². The van der Waals surface area contributed by atoms with Gasteiger partial charge in [0, 0.05) is 12.3 Å². The molecule has 3 N–H and O–H groups in total. The number of thioether (sulfide) groups is 1. The summed E-state index contributed by atoms with van der Waals surface area (Å²) in [6, 6.07) is -0.718. The second-order valence-corrected chi connectivity index (χ2v) is 6.09. The van der Waals surface area contributed by atoms with Crippen LogP contribution < -0.4 is 5.73 Å². The first-order valence-electron chi connectivity index (χ1n) is 6.28. The van der Waals surface area contributed by atoms with Gasteiger partial charge < -0.3 is 15.7 Å². The van der Waals surface area contributed by atoms with Crippen molar-refractivity contribution in [2.45, 2.75) is 45.0 Å². The normalized spacial score (nSPS) is 27.0. The molecule has 104 valence electrons. The van der Waals surface area contributed by atoms with Crippen molar-refractivity contribution in [2.24, 2.45) is 11.1 Å². The van der Waals surface area contributed by atoms with Crippen LogP contribution in [0.5, 0.6) is 0 Å². The third-order valence-corrected chi connectivity index (χ3v) is 5.16. The summed E-state index contributed by atoms with van der Waals surface area (Å²) in [5.41, 5.74) is 5.03. The van der Waals surface area contributed by atoms with Crippen molar-refractivity contribution >= 4 is 23.6 Å². The third kappa shape index (κ3) is 2.64. The van der Waals surface area contributed by atoms with Crippen molar-refractivity contribution in [1.82, 2.24) is 4.90 Å². The molecule has 6 heteroatoms. The molecule has 0 radical (unpaired) electrons. The Balaban J connectivity index is 3.01. The number of carboxylic acids is 1. The summed E-state index contributed by atoms with van der Waals surface area (Å²) in [4.78, 5) is 25.4. The highest BCUT2D eigenvalue weighted by Gasteiger charge is 2.46. The molecule has 1 fully saturated rings. The molecule has 18 heavy (non-hydrogen) atoms. The summed E-state index contributed by atoms with van der Waals surface area (Å²) in [7, 11) is 0. The Kier molecular flexibility index (Phi) is 5.04. The quantitative estimate of drug-likeness (QED) is 0.785. The average Bonchev–Trinajstić information content (AvgIpc) is 2.80. The van der Waals surface area contributed by atoms with Gasteiger partial charge in [0.2, 0.25) is 5.91 Å². The molecule has 1 saturated heterocycles. The zero-order valence-corrected chi connectivity index (χ0v) is 12.0. The zero-order valence-electron chi connectivity index (χ0n) is 11.2. The fourth-order valence-electron chi connectivity index (χ4n) is 2.04. The van der Waals surface area contributed by atoms with Crippen molar-refractivity contribution in [3.05, 3.63) is 0 Å². The van der Waals surface area contributed by atoms with Gasteiger partial charge in [0.05, 0.1) is 10.8 Å². The van der Waals surface area contributed by atoms with E-state index in [4.69, 9.17) is 5.73 Å². The lowest BCUT2D eigenvalue weighted by Crippen LogP contribution is -2.53. The van der Waals surface area contributed by atoms with Crippen molar-refractivity contribution in [3.8, 4) is 0 Å². The van der Waals surface area contributed by atoms with Crippen LogP contribution in [0.25, 0.3) is 0 Å². The smallest absolute Gasteiger partial charge is 0.327 e. The van der Waals surface area contributed by atoms with Gasteiger partial charge in [0.15, 0.2) is 0 Å². The molecule has 0 aromatic carbocycles. The summed E-state index contributed by atoms with van der Waals surface area (Å²) in [6.45, 7) is 5.93. The lowest BCUT2D eigenvalue weighted by molar-refractivity contribution is -0.153. The van der Waals surface area contributed by atoms with Crippen LogP contribution in [0.3, 0.4) is 0 Å². The van der Waals surface area contributed by atoms with E-state index in [1.807, 2.05) is 20.8 Å². The SMILES string of the molecule is CCC1SCC(C(=O)O)N1C(=O)C(C)(CC)CN. The van der Waals surface area contributed by atoms with E-state index in [0.717, 1.165) is 6.42 Å². The van der Waals surface area contributed by atoms with Crippen LogP contribution in [0.4, 0.5) is 0 Å². The van der Waals surface area contributed by atoms with E-state index in [-0.39, 0.29) is 17.8 Å². The van der Waals surface area contributed by atoms with Crippen LogP contribution in [0.1, 0.15) is 33.6 Å². The van der Waals surface area contributed by atoms with Crippen molar-refractivity contribution in [3.63, 3.8) is 0 Å². The van der Waals surface area contributed by atoms with Gasteiger partial charge in [0.25, 0.3) is 0 Å². The van der Waals surface area contributed by atoms with Gasteiger partial charge >= 0.3 is 5.97 Å².